The molecule has 4 heteroatoms. The Morgan fingerprint density at radius 1 is 1.11 bits per heavy atom. The highest BCUT2D eigenvalue weighted by Crippen LogP contribution is 2.13. The molecule has 0 bridgehead atoms. The molecule has 94 valence electrons. The first-order valence-corrected chi connectivity index (χ1v) is 5.95. The molecule has 2 aromatic carbocycles. The van der Waals surface area contributed by atoms with E-state index in [4.69, 9.17) is 0 Å². The summed E-state index contributed by atoms with van der Waals surface area (Å²) in [5.41, 5.74) is 1.78. The third-order valence-corrected chi connectivity index (χ3v) is 2.94. The van der Waals surface area contributed by atoms with Crippen LogP contribution in [0.3, 0.4) is 0 Å². The van der Waals surface area contributed by atoms with Crippen LogP contribution in [0.25, 0.3) is 11.0 Å². The first kappa shape index (κ1) is 11.6. The van der Waals surface area contributed by atoms with Gasteiger partial charge in [0.1, 0.15) is 11.6 Å². The molecule has 1 N–H and O–H groups in total. The van der Waals surface area contributed by atoms with Gasteiger partial charge in [-0.25, -0.2) is 9.37 Å². The Morgan fingerprint density at radius 3 is 2.63 bits per heavy atom. The van der Waals surface area contributed by atoms with Crippen LogP contribution in [0.2, 0.25) is 0 Å². The number of benzene rings is 2. The molecule has 3 rings (SSSR count). The van der Waals surface area contributed by atoms with E-state index in [1.54, 1.807) is 12.1 Å². The summed E-state index contributed by atoms with van der Waals surface area (Å²) < 4.78 is 13.5. The molecule has 0 saturated heterocycles. The number of Topliss-reactive ketones (excluding diaryl/α,β-unsaturated/α-hetero) is 1. The number of fused-ring (bicyclic) bond motifs is 1. The molecule has 0 amide bonds. The van der Waals surface area contributed by atoms with Gasteiger partial charge in [0.25, 0.3) is 0 Å². The van der Waals surface area contributed by atoms with Crippen LogP contribution in [0.5, 0.6) is 0 Å². The number of carbonyl (C=O) groups excluding carboxylic acids is 1. The lowest BCUT2D eigenvalue weighted by atomic mass is 10.1. The minimum atomic E-state index is -0.497. The van der Waals surface area contributed by atoms with E-state index in [1.165, 1.54) is 12.1 Å². The van der Waals surface area contributed by atoms with E-state index in [0.717, 1.165) is 11.0 Å². The van der Waals surface area contributed by atoms with Gasteiger partial charge >= 0.3 is 0 Å². The molecule has 0 aliphatic rings. The van der Waals surface area contributed by atoms with Crippen LogP contribution in [-0.2, 0) is 6.42 Å². The molecule has 0 aliphatic heterocycles. The molecule has 0 unspecified atom stereocenters. The van der Waals surface area contributed by atoms with E-state index in [0.29, 0.717) is 5.82 Å². The van der Waals surface area contributed by atoms with Crippen LogP contribution in [0.1, 0.15) is 16.2 Å². The molecular formula is C15H11FN2O. The highest BCUT2D eigenvalue weighted by molar-refractivity contribution is 5.97. The first-order chi connectivity index (χ1) is 9.24. The summed E-state index contributed by atoms with van der Waals surface area (Å²) in [6, 6.07) is 13.5. The van der Waals surface area contributed by atoms with E-state index < -0.39 is 5.82 Å². The molecule has 0 atom stereocenters. The lowest BCUT2D eigenvalue weighted by Gasteiger charge is -1.99. The van der Waals surface area contributed by atoms with Crippen molar-refractivity contribution in [2.45, 2.75) is 6.42 Å². The Balaban J connectivity index is 1.89. The predicted molar refractivity (Wildman–Crippen MR) is 70.5 cm³/mol. The van der Waals surface area contributed by atoms with E-state index in [1.807, 2.05) is 24.3 Å². The second-order valence-corrected chi connectivity index (χ2v) is 4.28. The molecular weight excluding hydrogens is 243 g/mol. The average molecular weight is 254 g/mol. The predicted octanol–water partition coefficient (Wildman–Crippen LogP) is 3.13. The maximum absolute atomic E-state index is 13.5. The normalized spacial score (nSPS) is 10.8. The highest BCUT2D eigenvalue weighted by Gasteiger charge is 2.13. The number of aromatic amines is 1. The molecule has 0 spiro atoms. The number of imidazole rings is 1. The van der Waals surface area contributed by atoms with Crippen LogP contribution < -0.4 is 0 Å². The first-order valence-electron chi connectivity index (χ1n) is 5.95. The van der Waals surface area contributed by atoms with Crippen molar-refractivity contribution in [3.8, 4) is 0 Å². The van der Waals surface area contributed by atoms with Crippen molar-refractivity contribution in [2.24, 2.45) is 0 Å². The number of halogens is 1. The number of hydrogen-bond donors (Lipinski definition) is 1. The maximum atomic E-state index is 13.5. The summed E-state index contributed by atoms with van der Waals surface area (Å²) in [6.45, 7) is 0. The number of para-hydroxylation sites is 2. The zero-order valence-electron chi connectivity index (χ0n) is 10.1. The number of rotatable bonds is 3. The Hall–Kier alpha value is -2.49. The van der Waals surface area contributed by atoms with E-state index >= 15 is 0 Å². The van der Waals surface area contributed by atoms with Crippen molar-refractivity contribution in [1.29, 1.82) is 0 Å². The van der Waals surface area contributed by atoms with Gasteiger partial charge < -0.3 is 4.98 Å². The third-order valence-electron chi connectivity index (χ3n) is 2.94. The van der Waals surface area contributed by atoms with Gasteiger partial charge in [0.2, 0.25) is 0 Å². The SMILES string of the molecule is O=C(Cc1nc2ccccc2[nH]1)c1ccccc1F. The van der Waals surface area contributed by atoms with Crippen LogP contribution in [0.4, 0.5) is 4.39 Å². The minimum Gasteiger partial charge on any atom is -0.342 e. The summed E-state index contributed by atoms with van der Waals surface area (Å²) in [5.74, 6) is -0.227. The quantitative estimate of drug-likeness (QED) is 0.730. The van der Waals surface area contributed by atoms with Gasteiger partial charge in [-0.1, -0.05) is 24.3 Å². The summed E-state index contributed by atoms with van der Waals surface area (Å²) in [7, 11) is 0. The van der Waals surface area contributed by atoms with E-state index in [2.05, 4.69) is 9.97 Å². The Bertz CT molecular complexity index is 715. The minimum absolute atomic E-state index is 0.0651. The molecule has 1 heterocycles. The molecule has 0 saturated carbocycles. The van der Waals surface area contributed by atoms with E-state index in [9.17, 15) is 9.18 Å². The summed E-state index contributed by atoms with van der Waals surface area (Å²) in [6.07, 6.45) is 0.0651. The van der Waals surface area contributed by atoms with Gasteiger partial charge in [0, 0.05) is 0 Å². The number of H-pyrrole nitrogens is 1. The fourth-order valence-corrected chi connectivity index (χ4v) is 2.02. The van der Waals surface area contributed by atoms with Crippen molar-refractivity contribution in [3.63, 3.8) is 0 Å². The fraction of sp³-hybridized carbons (Fsp3) is 0.0667. The largest absolute Gasteiger partial charge is 0.342 e. The molecule has 3 nitrogen and oxygen atoms in total. The number of ketones is 1. The molecule has 0 fully saturated rings. The molecule has 0 aliphatic carbocycles. The fourth-order valence-electron chi connectivity index (χ4n) is 2.02. The molecule has 3 aromatic rings. The van der Waals surface area contributed by atoms with Crippen LogP contribution in [0, 0.1) is 5.82 Å². The Morgan fingerprint density at radius 2 is 1.84 bits per heavy atom. The number of aromatic nitrogens is 2. The Labute approximate surface area is 109 Å². The van der Waals surface area contributed by atoms with Gasteiger partial charge in [-0.15, -0.1) is 0 Å². The summed E-state index contributed by atoms with van der Waals surface area (Å²) in [5, 5.41) is 0. The lowest BCUT2D eigenvalue weighted by molar-refractivity contribution is 0.0987. The van der Waals surface area contributed by atoms with Gasteiger partial charge in [-0.2, -0.15) is 0 Å². The van der Waals surface area contributed by atoms with Crippen LogP contribution in [0.15, 0.2) is 48.5 Å². The third kappa shape index (κ3) is 2.25. The van der Waals surface area contributed by atoms with Gasteiger partial charge in [0.15, 0.2) is 5.78 Å². The van der Waals surface area contributed by atoms with Gasteiger partial charge in [-0.3, -0.25) is 4.79 Å². The number of carbonyl (C=O) groups is 1. The smallest absolute Gasteiger partial charge is 0.173 e. The standard InChI is InChI=1S/C15H11FN2O/c16-11-6-2-1-5-10(11)14(19)9-15-17-12-7-3-4-8-13(12)18-15/h1-8H,9H2,(H,17,18). The monoisotopic (exact) mass is 254 g/mol. The topological polar surface area (TPSA) is 45.8 Å². The van der Waals surface area contributed by atoms with Crippen molar-refractivity contribution in [1.82, 2.24) is 9.97 Å². The van der Waals surface area contributed by atoms with Crippen molar-refractivity contribution in [3.05, 3.63) is 65.7 Å². The van der Waals surface area contributed by atoms with Crippen molar-refractivity contribution in [2.75, 3.05) is 0 Å². The van der Waals surface area contributed by atoms with Crippen molar-refractivity contribution < 1.29 is 9.18 Å². The Kier molecular flexibility index (Phi) is 2.83. The zero-order valence-corrected chi connectivity index (χ0v) is 10.1. The zero-order chi connectivity index (χ0) is 13.2. The van der Waals surface area contributed by atoms with Crippen LogP contribution >= 0.6 is 0 Å². The molecule has 1 aromatic heterocycles. The second kappa shape index (κ2) is 4.65. The summed E-state index contributed by atoms with van der Waals surface area (Å²) >= 11 is 0. The number of nitrogens with one attached hydrogen (secondary N) is 1. The number of nitrogens with zero attached hydrogens (tertiary/aromatic N) is 1. The van der Waals surface area contributed by atoms with Crippen LogP contribution in [-0.4, -0.2) is 15.8 Å². The van der Waals surface area contributed by atoms with Gasteiger partial charge in [-0.05, 0) is 24.3 Å². The van der Waals surface area contributed by atoms with Crippen molar-refractivity contribution >= 4 is 16.8 Å². The maximum Gasteiger partial charge on any atom is 0.173 e. The van der Waals surface area contributed by atoms with E-state index in [-0.39, 0.29) is 17.8 Å². The summed E-state index contributed by atoms with van der Waals surface area (Å²) in [4.78, 5) is 19.4. The molecule has 0 radical (unpaired) electrons. The highest BCUT2D eigenvalue weighted by atomic mass is 19.1. The molecule has 19 heavy (non-hydrogen) atoms. The lowest BCUT2D eigenvalue weighted by Crippen LogP contribution is -2.07. The average Bonchev–Trinajstić information content (AvgIpc) is 2.81. The second-order valence-electron chi connectivity index (χ2n) is 4.28. The number of hydrogen-bond acceptors (Lipinski definition) is 2. The van der Waals surface area contributed by atoms with Gasteiger partial charge in [0.05, 0.1) is 23.0 Å².